The van der Waals surface area contributed by atoms with Gasteiger partial charge in [-0.05, 0) is 54.5 Å². The van der Waals surface area contributed by atoms with Gasteiger partial charge in [-0.3, -0.25) is 9.48 Å². The smallest absolute Gasteiger partial charge is 0.253 e. The van der Waals surface area contributed by atoms with Crippen molar-refractivity contribution in [1.82, 2.24) is 24.6 Å². The summed E-state index contributed by atoms with van der Waals surface area (Å²) in [6.07, 6.45) is 9.43. The van der Waals surface area contributed by atoms with Gasteiger partial charge in [-0.2, -0.15) is 5.10 Å². The molecule has 0 radical (unpaired) electrons. The van der Waals surface area contributed by atoms with Crippen molar-refractivity contribution in [2.75, 3.05) is 0 Å². The number of aliphatic hydroxyl groups excluding tert-OH is 1. The lowest BCUT2D eigenvalue weighted by atomic mass is 9.91. The van der Waals surface area contributed by atoms with E-state index in [1.54, 1.807) is 11.0 Å². The maximum atomic E-state index is 13.4. The molecule has 1 aliphatic rings. The quantitative estimate of drug-likeness (QED) is 0.476. The molecule has 34 heavy (non-hydrogen) atoms. The van der Waals surface area contributed by atoms with Gasteiger partial charge < -0.3 is 15.0 Å². The zero-order chi connectivity index (χ0) is 23.8. The van der Waals surface area contributed by atoms with Crippen LogP contribution in [0.5, 0.6) is 0 Å². The summed E-state index contributed by atoms with van der Waals surface area (Å²) in [5, 5.41) is 17.7. The number of aliphatic hydroxyl groups is 1. The van der Waals surface area contributed by atoms with E-state index in [4.69, 9.17) is 0 Å². The molecule has 1 aliphatic carbocycles. The van der Waals surface area contributed by atoms with Gasteiger partial charge in [0.2, 0.25) is 0 Å². The molecule has 1 amide bonds. The van der Waals surface area contributed by atoms with Crippen molar-refractivity contribution in [3.05, 3.63) is 71.3 Å². The second kappa shape index (κ2) is 9.06. The Morgan fingerprint density at radius 2 is 1.91 bits per heavy atom. The number of hydrogen-bond donors (Lipinski definition) is 2. The van der Waals surface area contributed by atoms with E-state index in [0.29, 0.717) is 12.0 Å². The van der Waals surface area contributed by atoms with Crippen LogP contribution in [0.3, 0.4) is 0 Å². The van der Waals surface area contributed by atoms with Crippen LogP contribution >= 0.6 is 0 Å². The average molecular weight is 458 g/mol. The fourth-order valence-corrected chi connectivity index (χ4v) is 5.01. The molecule has 0 bridgehead atoms. The van der Waals surface area contributed by atoms with E-state index < -0.39 is 6.10 Å². The maximum absolute atomic E-state index is 13.4. The number of carbonyl (C=O) groups excluding carboxylic acids is 1. The van der Waals surface area contributed by atoms with E-state index in [2.05, 4.69) is 46.6 Å². The topological polar surface area (TPSA) is 85.0 Å². The van der Waals surface area contributed by atoms with E-state index in [-0.39, 0.29) is 11.9 Å². The van der Waals surface area contributed by atoms with Crippen molar-refractivity contribution in [3.8, 4) is 11.1 Å². The number of nitrogens with zero attached hydrogens (tertiary/aromatic N) is 4. The third kappa shape index (κ3) is 4.23. The lowest BCUT2D eigenvalue weighted by molar-refractivity contribution is 0.0718. The predicted molar refractivity (Wildman–Crippen MR) is 133 cm³/mol. The second-order valence-corrected chi connectivity index (χ2v) is 9.47. The highest BCUT2D eigenvalue weighted by Crippen LogP contribution is 2.28. The number of carbonyl (C=O) groups is 1. The molecule has 0 saturated heterocycles. The van der Waals surface area contributed by atoms with Crippen LogP contribution in [-0.2, 0) is 20.5 Å². The maximum Gasteiger partial charge on any atom is 0.253 e. The monoisotopic (exact) mass is 457 g/mol. The zero-order valence-corrected chi connectivity index (χ0v) is 20.0. The Labute approximate surface area is 199 Å². The minimum absolute atomic E-state index is 0.146. The molecule has 2 aromatic heterocycles. The van der Waals surface area contributed by atoms with Crippen LogP contribution in [0.25, 0.3) is 22.2 Å². The Morgan fingerprint density at radius 3 is 2.62 bits per heavy atom. The minimum atomic E-state index is -0.483. The number of aryl methyl sites for hydroxylation is 3. The van der Waals surface area contributed by atoms with E-state index >= 15 is 0 Å². The van der Waals surface area contributed by atoms with Gasteiger partial charge in [0.15, 0.2) is 0 Å². The van der Waals surface area contributed by atoms with Crippen LogP contribution in [0.1, 0.15) is 52.7 Å². The Morgan fingerprint density at radius 1 is 1.15 bits per heavy atom. The van der Waals surface area contributed by atoms with E-state index in [0.717, 1.165) is 59.0 Å². The highest BCUT2D eigenvalue weighted by molar-refractivity contribution is 6.06. The van der Waals surface area contributed by atoms with Crippen molar-refractivity contribution in [2.45, 2.75) is 51.2 Å². The molecule has 1 fully saturated rings. The molecule has 7 nitrogen and oxygen atoms in total. The summed E-state index contributed by atoms with van der Waals surface area (Å²) in [4.78, 5) is 18.0. The lowest BCUT2D eigenvalue weighted by Crippen LogP contribution is -2.45. The van der Waals surface area contributed by atoms with Gasteiger partial charge in [0.1, 0.15) is 0 Å². The summed E-state index contributed by atoms with van der Waals surface area (Å²) in [6, 6.07) is 10.3. The lowest BCUT2D eigenvalue weighted by Gasteiger charge is -2.28. The molecular formula is C27H31N5O2. The SMILES string of the molecule is Cc1c(Cc2ccc(-c3cnn(C)c3)cc2)cc(C(=O)N[C@@H]2CCCC[C@H]2O)c2c1ncn2C. The predicted octanol–water partition coefficient (Wildman–Crippen LogP) is 3.91. The number of fused-ring (bicyclic) bond motifs is 1. The van der Waals surface area contributed by atoms with Crippen molar-refractivity contribution in [3.63, 3.8) is 0 Å². The Hall–Kier alpha value is -3.45. The summed E-state index contributed by atoms with van der Waals surface area (Å²) in [7, 11) is 3.83. The minimum Gasteiger partial charge on any atom is -0.391 e. The molecule has 7 heteroatoms. The first-order chi connectivity index (χ1) is 16.4. The molecular weight excluding hydrogens is 426 g/mol. The van der Waals surface area contributed by atoms with Crippen LogP contribution in [0, 0.1) is 6.92 Å². The Bertz CT molecular complexity index is 1340. The molecule has 2 heterocycles. The number of nitrogens with one attached hydrogen (secondary N) is 1. The summed E-state index contributed by atoms with van der Waals surface area (Å²) in [6.45, 7) is 2.07. The largest absolute Gasteiger partial charge is 0.391 e. The van der Waals surface area contributed by atoms with E-state index in [9.17, 15) is 9.90 Å². The number of aromatic nitrogens is 4. The fraction of sp³-hybridized carbons (Fsp3) is 0.370. The number of imidazole rings is 1. The van der Waals surface area contributed by atoms with Crippen LogP contribution < -0.4 is 5.32 Å². The third-order valence-corrected chi connectivity index (χ3v) is 7.02. The summed E-state index contributed by atoms with van der Waals surface area (Å²) in [5.74, 6) is -0.146. The molecule has 5 rings (SSSR count). The first-order valence-corrected chi connectivity index (χ1v) is 11.9. The summed E-state index contributed by atoms with van der Waals surface area (Å²) < 4.78 is 3.70. The van der Waals surface area contributed by atoms with Gasteiger partial charge in [-0.1, -0.05) is 37.1 Å². The summed E-state index contributed by atoms with van der Waals surface area (Å²) in [5.41, 5.74) is 7.83. The van der Waals surface area contributed by atoms with Crippen molar-refractivity contribution in [1.29, 1.82) is 0 Å². The molecule has 0 unspecified atom stereocenters. The first-order valence-electron chi connectivity index (χ1n) is 11.9. The Kier molecular flexibility index (Phi) is 5.96. The van der Waals surface area contributed by atoms with Crippen molar-refractivity contribution >= 4 is 16.9 Å². The number of hydrogen-bond acceptors (Lipinski definition) is 4. The third-order valence-electron chi connectivity index (χ3n) is 7.02. The van der Waals surface area contributed by atoms with Gasteiger partial charge in [-0.25, -0.2) is 4.98 Å². The molecule has 1 saturated carbocycles. The van der Waals surface area contributed by atoms with Crippen LogP contribution in [0.2, 0.25) is 0 Å². The molecule has 2 aromatic carbocycles. The fourth-order valence-electron chi connectivity index (χ4n) is 5.01. The van der Waals surface area contributed by atoms with Crippen molar-refractivity contribution in [2.24, 2.45) is 14.1 Å². The number of rotatable bonds is 5. The van der Waals surface area contributed by atoms with Crippen LogP contribution in [0.4, 0.5) is 0 Å². The average Bonchev–Trinajstić information content (AvgIpc) is 3.44. The molecule has 0 aliphatic heterocycles. The molecule has 2 N–H and O–H groups in total. The number of amides is 1. The van der Waals surface area contributed by atoms with Gasteiger partial charge in [0, 0.05) is 25.9 Å². The highest BCUT2D eigenvalue weighted by Gasteiger charge is 2.26. The normalized spacial score (nSPS) is 18.4. The van der Waals surface area contributed by atoms with Gasteiger partial charge in [0.05, 0.1) is 41.3 Å². The van der Waals surface area contributed by atoms with Crippen LogP contribution in [0.15, 0.2) is 49.1 Å². The molecule has 2 atom stereocenters. The zero-order valence-electron chi connectivity index (χ0n) is 20.0. The molecule has 0 spiro atoms. The second-order valence-electron chi connectivity index (χ2n) is 9.47. The molecule has 4 aromatic rings. The van der Waals surface area contributed by atoms with Gasteiger partial charge in [0.25, 0.3) is 5.91 Å². The summed E-state index contributed by atoms with van der Waals surface area (Å²) >= 11 is 0. The molecule has 176 valence electrons. The van der Waals surface area contributed by atoms with Gasteiger partial charge >= 0.3 is 0 Å². The van der Waals surface area contributed by atoms with Gasteiger partial charge in [-0.15, -0.1) is 0 Å². The van der Waals surface area contributed by atoms with E-state index in [1.807, 2.05) is 37.1 Å². The first kappa shape index (κ1) is 22.3. The van der Waals surface area contributed by atoms with E-state index in [1.165, 1.54) is 5.56 Å². The standard InChI is InChI=1S/C27H31N5O2/c1-17-20(12-18-8-10-19(11-9-18)21-14-29-32(3)15-21)13-22(26-25(17)28-16-31(26)2)27(34)30-23-6-4-5-7-24(23)33/h8-11,13-16,23-24,33H,4-7,12H2,1-3H3,(H,30,34)/t23-,24-/m1/s1. The Balaban J connectivity index is 1.46. The van der Waals surface area contributed by atoms with Crippen molar-refractivity contribution < 1.29 is 9.90 Å². The highest BCUT2D eigenvalue weighted by atomic mass is 16.3. The number of benzene rings is 2. The van der Waals surface area contributed by atoms with Crippen LogP contribution in [-0.4, -0.2) is 42.5 Å².